The third-order valence-corrected chi connectivity index (χ3v) is 8.45. The van der Waals surface area contributed by atoms with Crippen LogP contribution >= 0.6 is 0 Å². The highest BCUT2D eigenvalue weighted by atomic mass is 32.2. The van der Waals surface area contributed by atoms with Crippen molar-refractivity contribution in [3.8, 4) is 0 Å². The number of carbonyl (C=O) groups is 1. The molecule has 0 bridgehead atoms. The molecule has 2 aromatic carbocycles. The van der Waals surface area contributed by atoms with Crippen molar-refractivity contribution < 1.29 is 22.0 Å². The van der Waals surface area contributed by atoms with Gasteiger partial charge in [0.05, 0.1) is 12.1 Å². The summed E-state index contributed by atoms with van der Waals surface area (Å²) in [5.41, 5.74) is 1.14. The number of hydrogen-bond donors (Lipinski definition) is 0. The van der Waals surface area contributed by atoms with Gasteiger partial charge in [-0.15, -0.1) is 0 Å². The van der Waals surface area contributed by atoms with Crippen LogP contribution in [0.2, 0.25) is 0 Å². The number of halogens is 2. The zero-order chi connectivity index (χ0) is 25.4. The number of benzene rings is 2. The van der Waals surface area contributed by atoms with Gasteiger partial charge in [-0.2, -0.15) is 4.31 Å². The predicted octanol–water partition coefficient (Wildman–Crippen LogP) is 3.96. The zero-order valence-corrected chi connectivity index (χ0v) is 20.3. The minimum atomic E-state index is -4.06. The second kappa shape index (κ2) is 9.44. The van der Waals surface area contributed by atoms with Crippen molar-refractivity contribution in [3.05, 3.63) is 95.9 Å². The van der Waals surface area contributed by atoms with Crippen molar-refractivity contribution in [3.63, 3.8) is 0 Å². The fourth-order valence-electron chi connectivity index (χ4n) is 4.73. The first-order chi connectivity index (χ1) is 17.3. The minimum Gasteiger partial charge on any atom is -0.348 e. The van der Waals surface area contributed by atoms with Gasteiger partial charge < -0.3 is 9.47 Å². The molecule has 4 aromatic rings. The van der Waals surface area contributed by atoms with Crippen molar-refractivity contribution in [1.29, 1.82) is 0 Å². The van der Waals surface area contributed by atoms with Gasteiger partial charge in [0.1, 0.15) is 22.6 Å². The van der Waals surface area contributed by atoms with Gasteiger partial charge in [0.2, 0.25) is 15.9 Å². The van der Waals surface area contributed by atoms with Crippen LogP contribution in [0.3, 0.4) is 0 Å². The van der Waals surface area contributed by atoms with E-state index >= 15 is 0 Å². The molecule has 1 amide bonds. The third-order valence-electron chi connectivity index (χ3n) is 6.49. The fourth-order valence-corrected chi connectivity index (χ4v) is 6.30. The molecule has 36 heavy (non-hydrogen) atoms. The van der Waals surface area contributed by atoms with Gasteiger partial charge >= 0.3 is 0 Å². The molecule has 186 valence electrons. The van der Waals surface area contributed by atoms with Gasteiger partial charge in [-0.25, -0.2) is 17.2 Å². The molecule has 0 saturated carbocycles. The van der Waals surface area contributed by atoms with Crippen LogP contribution in [0, 0.1) is 11.6 Å². The number of carbonyl (C=O) groups excluding carboxylic acids is 1. The molecule has 1 atom stereocenters. The predicted molar refractivity (Wildman–Crippen MR) is 131 cm³/mol. The highest BCUT2D eigenvalue weighted by molar-refractivity contribution is 7.89. The molecule has 1 unspecified atom stereocenters. The van der Waals surface area contributed by atoms with Crippen LogP contribution in [-0.4, -0.2) is 52.7 Å². The van der Waals surface area contributed by atoms with E-state index in [4.69, 9.17) is 0 Å². The van der Waals surface area contributed by atoms with E-state index in [1.54, 1.807) is 43.3 Å². The molecule has 0 saturated heterocycles. The van der Waals surface area contributed by atoms with Crippen LogP contribution < -0.4 is 0 Å². The van der Waals surface area contributed by atoms with E-state index in [2.05, 4.69) is 4.98 Å². The lowest BCUT2D eigenvalue weighted by Gasteiger charge is -2.38. The maximum atomic E-state index is 14.9. The van der Waals surface area contributed by atoms with E-state index in [9.17, 15) is 22.0 Å². The maximum Gasteiger partial charge on any atom is 0.245 e. The Morgan fingerprint density at radius 3 is 2.67 bits per heavy atom. The van der Waals surface area contributed by atoms with Crippen molar-refractivity contribution in [1.82, 2.24) is 18.8 Å². The number of amides is 1. The van der Waals surface area contributed by atoms with Crippen LogP contribution in [-0.2, 0) is 21.4 Å². The standard InChI is InChI=1S/C26H24F2N4O3S/c1-2-31(36(34,35)23-9-3-6-18-7-4-12-29-25(18)23)17-24(33)32-15-14-30-13-5-8-22(30)26(32)20-11-10-19(27)16-21(20)28/h3-13,16,26H,2,14-15,17H2,1H3. The average molecular weight is 511 g/mol. The topological polar surface area (TPSA) is 75.5 Å². The van der Waals surface area contributed by atoms with Crippen LogP contribution in [0.4, 0.5) is 8.78 Å². The first-order valence-corrected chi connectivity index (χ1v) is 13.0. The molecule has 2 aromatic heterocycles. The first kappa shape index (κ1) is 24.1. The van der Waals surface area contributed by atoms with Crippen LogP contribution in [0.1, 0.15) is 24.2 Å². The minimum absolute atomic E-state index is 0.0175. The summed E-state index contributed by atoms with van der Waals surface area (Å²) in [6, 6.07) is 14.4. The van der Waals surface area contributed by atoms with Crippen LogP contribution in [0.15, 0.2) is 78.0 Å². The summed E-state index contributed by atoms with van der Waals surface area (Å²) in [6.07, 6.45) is 3.36. The fraction of sp³-hybridized carbons (Fsp3) is 0.231. The molecule has 7 nitrogen and oxygen atoms in total. The Morgan fingerprint density at radius 2 is 1.89 bits per heavy atom. The van der Waals surface area contributed by atoms with Crippen molar-refractivity contribution in [2.24, 2.45) is 0 Å². The number of para-hydroxylation sites is 1. The number of pyridine rings is 1. The van der Waals surface area contributed by atoms with E-state index in [0.29, 0.717) is 23.1 Å². The summed E-state index contributed by atoms with van der Waals surface area (Å²) < 4.78 is 58.7. The van der Waals surface area contributed by atoms with Crippen molar-refractivity contribution in [2.75, 3.05) is 19.6 Å². The Kier molecular flexibility index (Phi) is 6.31. The van der Waals surface area contributed by atoms with Gasteiger partial charge in [-0.1, -0.05) is 31.2 Å². The lowest BCUT2D eigenvalue weighted by atomic mass is 9.99. The Labute approximate surface area is 207 Å². The van der Waals surface area contributed by atoms with E-state index in [-0.39, 0.29) is 23.5 Å². The molecule has 1 aliphatic heterocycles. The van der Waals surface area contributed by atoms with Gasteiger partial charge in [-0.05, 0) is 30.3 Å². The third kappa shape index (κ3) is 4.16. The Balaban J connectivity index is 1.50. The van der Waals surface area contributed by atoms with Crippen LogP contribution in [0.25, 0.3) is 10.9 Å². The summed E-state index contributed by atoms with van der Waals surface area (Å²) in [5, 5.41) is 0.671. The highest BCUT2D eigenvalue weighted by Crippen LogP contribution is 2.34. The largest absolute Gasteiger partial charge is 0.348 e. The molecular weight excluding hydrogens is 486 g/mol. The molecule has 1 aliphatic rings. The van der Waals surface area contributed by atoms with Crippen LogP contribution in [0.5, 0.6) is 0 Å². The average Bonchev–Trinajstić information content (AvgIpc) is 3.35. The summed E-state index contributed by atoms with van der Waals surface area (Å²) in [5.74, 6) is -1.96. The van der Waals surface area contributed by atoms with E-state index in [1.807, 2.05) is 10.8 Å². The Bertz CT molecular complexity index is 1550. The summed E-state index contributed by atoms with van der Waals surface area (Å²) in [7, 11) is -4.06. The molecule has 0 fully saturated rings. The number of likely N-dealkylation sites (N-methyl/N-ethyl adjacent to an activating group) is 1. The normalized spacial score (nSPS) is 15.9. The Morgan fingerprint density at radius 1 is 1.08 bits per heavy atom. The number of aromatic nitrogens is 2. The van der Waals surface area contributed by atoms with Crippen molar-refractivity contribution in [2.45, 2.75) is 24.4 Å². The number of hydrogen-bond acceptors (Lipinski definition) is 4. The van der Waals surface area contributed by atoms with Gasteiger partial charge in [0, 0.05) is 54.7 Å². The molecule has 10 heteroatoms. The molecule has 5 rings (SSSR count). The SMILES string of the molecule is CCN(CC(=O)N1CCn2cccc2C1c1ccc(F)cc1F)S(=O)(=O)c1cccc2cccnc12. The summed E-state index contributed by atoms with van der Waals surface area (Å²) in [6.45, 7) is 2.00. The number of rotatable bonds is 6. The highest BCUT2D eigenvalue weighted by Gasteiger charge is 2.36. The van der Waals surface area contributed by atoms with E-state index in [0.717, 1.165) is 16.4 Å². The number of sulfonamides is 1. The zero-order valence-electron chi connectivity index (χ0n) is 19.5. The molecule has 0 N–H and O–H groups in total. The number of nitrogens with zero attached hydrogens (tertiary/aromatic N) is 4. The summed E-state index contributed by atoms with van der Waals surface area (Å²) in [4.78, 5) is 19.3. The summed E-state index contributed by atoms with van der Waals surface area (Å²) >= 11 is 0. The van der Waals surface area contributed by atoms with E-state index in [1.165, 1.54) is 23.2 Å². The Hall–Kier alpha value is -3.63. The lowest BCUT2D eigenvalue weighted by molar-refractivity contribution is -0.134. The molecule has 0 spiro atoms. The monoisotopic (exact) mass is 510 g/mol. The van der Waals surface area contributed by atoms with Gasteiger partial charge in [0.25, 0.3) is 0 Å². The second-order valence-electron chi connectivity index (χ2n) is 8.54. The first-order valence-electron chi connectivity index (χ1n) is 11.5. The molecular formula is C26H24F2N4O3S. The number of fused-ring (bicyclic) bond motifs is 2. The van der Waals surface area contributed by atoms with Gasteiger partial charge in [-0.3, -0.25) is 9.78 Å². The maximum absolute atomic E-state index is 14.9. The molecule has 3 heterocycles. The second-order valence-corrected chi connectivity index (χ2v) is 10.5. The molecule has 0 aliphatic carbocycles. The lowest BCUT2D eigenvalue weighted by Crippen LogP contribution is -2.48. The smallest absolute Gasteiger partial charge is 0.245 e. The molecule has 0 radical (unpaired) electrons. The van der Waals surface area contributed by atoms with Crippen molar-refractivity contribution >= 4 is 26.8 Å². The van der Waals surface area contributed by atoms with Gasteiger partial charge in [0.15, 0.2) is 0 Å². The van der Waals surface area contributed by atoms with E-state index < -0.39 is 40.2 Å². The quantitative estimate of drug-likeness (QED) is 0.394.